The average molecular weight is 298 g/mol. The molecule has 1 saturated heterocycles. The molecule has 1 aliphatic rings. The van der Waals surface area contributed by atoms with E-state index in [1.807, 2.05) is 34.9 Å². The lowest BCUT2D eigenvalue weighted by Gasteiger charge is -2.39. The Balaban J connectivity index is 2.51. The molecule has 0 aromatic carbocycles. The standard InChI is InChI=1S/C15H30N4O2/c1-14(2,3)21-13(20)19-9-7-15(4,8-10-19)11-17-12(16)18(5)6/h7-11H2,1-6H3,(H2,16,17). The van der Waals surface area contributed by atoms with Crippen molar-refractivity contribution >= 4 is 12.1 Å². The molecule has 0 radical (unpaired) electrons. The number of likely N-dealkylation sites (tertiary alicyclic amines) is 1. The number of amides is 1. The van der Waals surface area contributed by atoms with E-state index in [1.54, 1.807) is 9.80 Å². The van der Waals surface area contributed by atoms with E-state index in [4.69, 9.17) is 10.5 Å². The Labute approximate surface area is 128 Å². The van der Waals surface area contributed by atoms with Crippen LogP contribution in [0.2, 0.25) is 0 Å². The number of hydrogen-bond acceptors (Lipinski definition) is 3. The van der Waals surface area contributed by atoms with Crippen molar-refractivity contribution in [2.45, 2.75) is 46.1 Å². The van der Waals surface area contributed by atoms with E-state index in [9.17, 15) is 4.79 Å². The van der Waals surface area contributed by atoms with Crippen LogP contribution in [0.15, 0.2) is 4.99 Å². The highest BCUT2D eigenvalue weighted by Gasteiger charge is 2.33. The number of nitrogens with zero attached hydrogens (tertiary/aromatic N) is 3. The highest BCUT2D eigenvalue weighted by atomic mass is 16.6. The quantitative estimate of drug-likeness (QED) is 0.624. The zero-order valence-corrected chi connectivity index (χ0v) is 14.3. The van der Waals surface area contributed by atoms with E-state index in [1.165, 1.54) is 0 Å². The third-order valence-electron chi connectivity index (χ3n) is 3.70. The van der Waals surface area contributed by atoms with E-state index in [2.05, 4.69) is 11.9 Å². The predicted molar refractivity (Wildman–Crippen MR) is 85.3 cm³/mol. The molecule has 0 atom stereocenters. The molecule has 1 amide bonds. The normalized spacial score (nSPS) is 19.3. The Bertz CT molecular complexity index is 391. The summed E-state index contributed by atoms with van der Waals surface area (Å²) in [5.41, 5.74) is 5.48. The fourth-order valence-corrected chi connectivity index (χ4v) is 2.13. The molecule has 0 aromatic heterocycles. The molecule has 21 heavy (non-hydrogen) atoms. The fraction of sp³-hybridized carbons (Fsp3) is 0.867. The third kappa shape index (κ3) is 5.81. The Kier molecular flexibility index (Phi) is 5.48. The molecule has 0 bridgehead atoms. The van der Waals surface area contributed by atoms with Gasteiger partial charge in [0.05, 0.1) is 0 Å². The number of ether oxygens (including phenoxy) is 1. The van der Waals surface area contributed by atoms with Crippen LogP contribution in [0.5, 0.6) is 0 Å². The van der Waals surface area contributed by atoms with Gasteiger partial charge in [0.15, 0.2) is 5.96 Å². The van der Waals surface area contributed by atoms with Gasteiger partial charge in [0.25, 0.3) is 0 Å². The molecule has 1 fully saturated rings. The second kappa shape index (κ2) is 6.54. The maximum Gasteiger partial charge on any atom is 0.410 e. The number of rotatable bonds is 2. The fourth-order valence-electron chi connectivity index (χ4n) is 2.13. The Morgan fingerprint density at radius 1 is 1.33 bits per heavy atom. The molecule has 1 rings (SSSR count). The van der Waals surface area contributed by atoms with Gasteiger partial charge in [-0.3, -0.25) is 4.99 Å². The van der Waals surface area contributed by atoms with Crippen LogP contribution >= 0.6 is 0 Å². The molecule has 0 unspecified atom stereocenters. The van der Waals surface area contributed by atoms with Crippen molar-refractivity contribution in [1.82, 2.24) is 9.80 Å². The lowest BCUT2D eigenvalue weighted by Crippen LogP contribution is -2.45. The van der Waals surface area contributed by atoms with E-state index in [0.717, 1.165) is 12.8 Å². The zero-order chi connectivity index (χ0) is 16.3. The molecule has 0 saturated carbocycles. The number of hydrogen-bond donors (Lipinski definition) is 1. The first-order valence-electron chi connectivity index (χ1n) is 7.48. The molecular weight excluding hydrogens is 268 g/mol. The van der Waals surface area contributed by atoms with Crippen LogP contribution in [0, 0.1) is 5.41 Å². The summed E-state index contributed by atoms with van der Waals surface area (Å²) in [6.07, 6.45) is 1.60. The summed E-state index contributed by atoms with van der Waals surface area (Å²) in [5, 5.41) is 0. The van der Waals surface area contributed by atoms with Crippen LogP contribution < -0.4 is 5.73 Å². The molecule has 0 aliphatic carbocycles. The molecule has 1 aliphatic heterocycles. The first-order chi connectivity index (χ1) is 9.52. The van der Waals surface area contributed by atoms with Gasteiger partial charge in [-0.1, -0.05) is 6.92 Å². The Morgan fingerprint density at radius 2 is 1.86 bits per heavy atom. The number of guanidine groups is 1. The molecule has 0 spiro atoms. The van der Waals surface area contributed by atoms with Crippen LogP contribution in [0.3, 0.4) is 0 Å². The van der Waals surface area contributed by atoms with E-state index < -0.39 is 5.60 Å². The van der Waals surface area contributed by atoms with Crippen molar-refractivity contribution in [3.05, 3.63) is 0 Å². The number of piperidine rings is 1. The number of carbonyl (C=O) groups excluding carboxylic acids is 1. The van der Waals surface area contributed by atoms with Crippen LogP contribution in [0.4, 0.5) is 4.79 Å². The Hall–Kier alpha value is -1.46. The van der Waals surface area contributed by atoms with E-state index in [-0.39, 0.29) is 11.5 Å². The SMILES string of the molecule is CN(C)C(N)=NCC1(C)CCN(C(=O)OC(C)(C)C)CC1. The Morgan fingerprint density at radius 3 is 2.29 bits per heavy atom. The van der Waals surface area contributed by atoms with Crippen LogP contribution in [-0.2, 0) is 4.74 Å². The highest BCUT2D eigenvalue weighted by molar-refractivity contribution is 5.77. The van der Waals surface area contributed by atoms with Crippen molar-refractivity contribution in [3.8, 4) is 0 Å². The summed E-state index contributed by atoms with van der Waals surface area (Å²) in [5.74, 6) is 0.547. The van der Waals surface area contributed by atoms with Gasteiger partial charge in [-0.05, 0) is 39.0 Å². The van der Waals surface area contributed by atoms with Crippen molar-refractivity contribution in [1.29, 1.82) is 0 Å². The highest BCUT2D eigenvalue weighted by Crippen LogP contribution is 2.31. The lowest BCUT2D eigenvalue weighted by atomic mass is 9.80. The summed E-state index contributed by atoms with van der Waals surface area (Å²) >= 11 is 0. The smallest absolute Gasteiger partial charge is 0.410 e. The van der Waals surface area contributed by atoms with Gasteiger partial charge in [-0.25, -0.2) is 4.79 Å². The molecule has 0 aromatic rings. The van der Waals surface area contributed by atoms with Crippen LogP contribution in [0.1, 0.15) is 40.5 Å². The predicted octanol–water partition coefficient (Wildman–Crippen LogP) is 1.90. The first-order valence-corrected chi connectivity index (χ1v) is 7.48. The van der Waals surface area contributed by atoms with E-state index >= 15 is 0 Å². The van der Waals surface area contributed by atoms with Gasteiger partial charge in [-0.2, -0.15) is 0 Å². The summed E-state index contributed by atoms with van der Waals surface area (Å²) in [7, 11) is 3.76. The number of aliphatic imine (C=N–C) groups is 1. The van der Waals surface area contributed by atoms with Crippen molar-refractivity contribution in [3.63, 3.8) is 0 Å². The average Bonchev–Trinajstić information content (AvgIpc) is 2.34. The van der Waals surface area contributed by atoms with Gasteiger partial charge < -0.3 is 20.3 Å². The summed E-state index contributed by atoms with van der Waals surface area (Å²) in [6, 6.07) is 0. The van der Waals surface area contributed by atoms with Gasteiger partial charge in [0, 0.05) is 33.7 Å². The van der Waals surface area contributed by atoms with Gasteiger partial charge in [0.2, 0.25) is 0 Å². The second-order valence-corrected chi connectivity index (χ2v) is 7.35. The van der Waals surface area contributed by atoms with Gasteiger partial charge in [0.1, 0.15) is 5.60 Å². The van der Waals surface area contributed by atoms with Gasteiger partial charge in [-0.15, -0.1) is 0 Å². The zero-order valence-electron chi connectivity index (χ0n) is 14.3. The van der Waals surface area contributed by atoms with Crippen molar-refractivity contribution < 1.29 is 9.53 Å². The van der Waals surface area contributed by atoms with Crippen molar-refractivity contribution in [2.75, 3.05) is 33.7 Å². The maximum atomic E-state index is 12.0. The lowest BCUT2D eigenvalue weighted by molar-refractivity contribution is 0.0127. The minimum absolute atomic E-state index is 0.0964. The molecule has 1 heterocycles. The summed E-state index contributed by atoms with van der Waals surface area (Å²) < 4.78 is 5.41. The molecule has 6 nitrogen and oxygen atoms in total. The third-order valence-corrected chi connectivity index (χ3v) is 3.70. The second-order valence-electron chi connectivity index (χ2n) is 7.35. The molecule has 2 N–H and O–H groups in total. The summed E-state index contributed by atoms with van der Waals surface area (Å²) in [4.78, 5) is 20.1. The summed E-state index contributed by atoms with van der Waals surface area (Å²) in [6.45, 7) is 9.98. The molecular formula is C15H30N4O2. The minimum Gasteiger partial charge on any atom is -0.444 e. The molecule has 122 valence electrons. The van der Waals surface area contributed by atoms with E-state index in [0.29, 0.717) is 25.6 Å². The van der Waals surface area contributed by atoms with Gasteiger partial charge >= 0.3 is 6.09 Å². The number of carbonyl (C=O) groups is 1. The first kappa shape index (κ1) is 17.6. The van der Waals surface area contributed by atoms with Crippen LogP contribution in [0.25, 0.3) is 0 Å². The topological polar surface area (TPSA) is 71.2 Å². The van der Waals surface area contributed by atoms with Crippen molar-refractivity contribution in [2.24, 2.45) is 16.1 Å². The molecule has 6 heteroatoms. The monoisotopic (exact) mass is 298 g/mol. The number of nitrogens with two attached hydrogens (primary N) is 1. The minimum atomic E-state index is -0.442. The van der Waals surface area contributed by atoms with Crippen LogP contribution in [-0.4, -0.2) is 61.2 Å². The maximum absolute atomic E-state index is 12.0. The largest absolute Gasteiger partial charge is 0.444 e.